The van der Waals surface area contributed by atoms with Crippen LogP contribution in [-0.4, -0.2) is 17.8 Å². The van der Waals surface area contributed by atoms with E-state index < -0.39 is 0 Å². The van der Waals surface area contributed by atoms with Gasteiger partial charge in [-0.15, -0.1) is 0 Å². The van der Waals surface area contributed by atoms with Gasteiger partial charge < -0.3 is 0 Å². The monoisotopic (exact) mass is 216 g/mol. The normalized spacial score (nSPS) is 10.5. The van der Waals surface area contributed by atoms with Gasteiger partial charge in [-0.1, -0.05) is 36.4 Å². The Morgan fingerprint density at radius 1 is 1.13 bits per heavy atom. The number of benzene rings is 2. The lowest BCUT2D eigenvalue weighted by molar-refractivity contribution is 0.102. The van der Waals surface area contributed by atoms with Gasteiger partial charge in [-0.3, -0.25) is 4.79 Å². The number of Topliss-reactive ketones (excluding diaryl/α,β-unsaturated/α-hetero) is 1. The van der Waals surface area contributed by atoms with Crippen molar-refractivity contribution in [2.75, 3.05) is 12.0 Å². The van der Waals surface area contributed by atoms with Crippen LogP contribution in [0.2, 0.25) is 0 Å². The number of thioether (sulfide) groups is 1. The first-order valence-corrected chi connectivity index (χ1v) is 6.21. The summed E-state index contributed by atoms with van der Waals surface area (Å²) in [5, 5.41) is 2.31. The molecule has 0 fully saturated rings. The number of rotatable bonds is 3. The average Bonchev–Trinajstić information content (AvgIpc) is 2.29. The number of carbonyl (C=O) groups is 1. The Labute approximate surface area is 93.5 Å². The maximum absolute atomic E-state index is 11.7. The summed E-state index contributed by atoms with van der Waals surface area (Å²) < 4.78 is 0. The molecule has 0 amide bonds. The third-order valence-corrected chi connectivity index (χ3v) is 2.90. The van der Waals surface area contributed by atoms with Gasteiger partial charge in [0.15, 0.2) is 5.78 Å². The average molecular weight is 216 g/mol. The van der Waals surface area contributed by atoms with Crippen LogP contribution in [0.3, 0.4) is 0 Å². The molecule has 76 valence electrons. The van der Waals surface area contributed by atoms with Crippen LogP contribution in [0, 0.1) is 0 Å². The second-order valence-electron chi connectivity index (χ2n) is 3.42. The molecule has 0 bridgehead atoms. The summed E-state index contributed by atoms with van der Waals surface area (Å²) in [7, 11) is 0. The van der Waals surface area contributed by atoms with Crippen LogP contribution in [0.1, 0.15) is 10.4 Å². The van der Waals surface area contributed by atoms with Crippen molar-refractivity contribution in [3.8, 4) is 0 Å². The summed E-state index contributed by atoms with van der Waals surface area (Å²) in [5.41, 5.74) is 0.808. The van der Waals surface area contributed by atoms with E-state index in [9.17, 15) is 4.79 Å². The van der Waals surface area contributed by atoms with Gasteiger partial charge in [0.25, 0.3) is 0 Å². The van der Waals surface area contributed by atoms with Crippen LogP contribution in [0.5, 0.6) is 0 Å². The molecule has 0 radical (unpaired) electrons. The Kier molecular flexibility index (Phi) is 3.07. The van der Waals surface area contributed by atoms with Crippen molar-refractivity contribution in [2.45, 2.75) is 0 Å². The van der Waals surface area contributed by atoms with Gasteiger partial charge in [-0.25, -0.2) is 0 Å². The van der Waals surface area contributed by atoms with Crippen molar-refractivity contribution in [3.05, 3.63) is 48.0 Å². The first kappa shape index (κ1) is 10.2. The maximum atomic E-state index is 11.7. The molecule has 1 nitrogen and oxygen atoms in total. The third-order valence-electron chi connectivity index (χ3n) is 2.35. The number of carbonyl (C=O) groups excluding carboxylic acids is 1. The summed E-state index contributed by atoms with van der Waals surface area (Å²) in [5.74, 6) is 0.756. The van der Waals surface area contributed by atoms with E-state index >= 15 is 0 Å². The predicted octanol–water partition coefficient (Wildman–Crippen LogP) is 3.39. The van der Waals surface area contributed by atoms with Crippen LogP contribution in [-0.2, 0) is 0 Å². The molecule has 0 heterocycles. The lowest BCUT2D eigenvalue weighted by Crippen LogP contribution is -2.01. The van der Waals surface area contributed by atoms with Gasteiger partial charge in [-0.2, -0.15) is 11.8 Å². The minimum absolute atomic E-state index is 0.202. The fourth-order valence-electron chi connectivity index (χ4n) is 1.58. The van der Waals surface area contributed by atoms with Gasteiger partial charge in [0.1, 0.15) is 0 Å². The van der Waals surface area contributed by atoms with Crippen molar-refractivity contribution in [3.63, 3.8) is 0 Å². The highest BCUT2D eigenvalue weighted by molar-refractivity contribution is 7.99. The van der Waals surface area contributed by atoms with E-state index in [2.05, 4.69) is 6.07 Å². The molecule has 0 aliphatic rings. The summed E-state index contributed by atoms with van der Waals surface area (Å²) in [6, 6.07) is 14.0. The molecule has 2 heteroatoms. The molecule has 0 aliphatic carbocycles. The zero-order chi connectivity index (χ0) is 10.7. The minimum Gasteiger partial charge on any atom is -0.293 e. The molecule has 2 aromatic carbocycles. The lowest BCUT2D eigenvalue weighted by atomic mass is 10.1. The van der Waals surface area contributed by atoms with Gasteiger partial charge in [0.2, 0.25) is 0 Å². The molecule has 0 saturated heterocycles. The lowest BCUT2D eigenvalue weighted by Gasteiger charge is -2.01. The van der Waals surface area contributed by atoms with Gasteiger partial charge in [-0.05, 0) is 23.1 Å². The summed E-state index contributed by atoms with van der Waals surface area (Å²) in [6.45, 7) is 0. The van der Waals surface area contributed by atoms with Gasteiger partial charge in [0, 0.05) is 5.56 Å². The van der Waals surface area contributed by atoms with E-state index in [1.165, 1.54) is 5.39 Å². The van der Waals surface area contributed by atoms with Crippen molar-refractivity contribution >= 4 is 28.3 Å². The van der Waals surface area contributed by atoms with Crippen LogP contribution in [0.15, 0.2) is 42.5 Å². The molecule has 0 spiro atoms. The number of hydrogen-bond donors (Lipinski definition) is 0. The van der Waals surface area contributed by atoms with Crippen LogP contribution in [0.25, 0.3) is 10.8 Å². The predicted molar refractivity (Wildman–Crippen MR) is 66.7 cm³/mol. The Hall–Kier alpha value is -1.28. The SMILES string of the molecule is CSCC(=O)c1ccc2ccccc2c1. The molecule has 0 N–H and O–H groups in total. The first-order valence-electron chi connectivity index (χ1n) is 4.82. The third kappa shape index (κ3) is 2.21. The van der Waals surface area contributed by atoms with Crippen molar-refractivity contribution in [1.29, 1.82) is 0 Å². The Bertz CT molecular complexity index is 491. The second kappa shape index (κ2) is 4.49. The summed E-state index contributed by atoms with van der Waals surface area (Å²) in [4.78, 5) is 11.7. The van der Waals surface area contributed by atoms with E-state index in [1.54, 1.807) is 11.8 Å². The molecule has 0 aromatic heterocycles. The van der Waals surface area contributed by atoms with E-state index in [4.69, 9.17) is 0 Å². The molecule has 0 saturated carbocycles. The topological polar surface area (TPSA) is 17.1 Å². The first-order chi connectivity index (χ1) is 7.31. The van der Waals surface area contributed by atoms with Crippen LogP contribution < -0.4 is 0 Å². The largest absolute Gasteiger partial charge is 0.293 e. The quantitative estimate of drug-likeness (QED) is 0.732. The molecule has 0 atom stereocenters. The highest BCUT2D eigenvalue weighted by Gasteiger charge is 2.04. The molecular formula is C13H12OS. The Morgan fingerprint density at radius 2 is 1.87 bits per heavy atom. The smallest absolute Gasteiger partial charge is 0.172 e. The Morgan fingerprint density at radius 3 is 2.60 bits per heavy atom. The minimum atomic E-state index is 0.202. The van der Waals surface area contributed by atoms with Crippen molar-refractivity contribution < 1.29 is 4.79 Å². The van der Waals surface area contributed by atoms with Gasteiger partial charge >= 0.3 is 0 Å². The van der Waals surface area contributed by atoms with Crippen LogP contribution in [0.4, 0.5) is 0 Å². The van der Waals surface area contributed by atoms with E-state index in [1.807, 2.05) is 42.7 Å². The Balaban J connectivity index is 2.42. The van der Waals surface area contributed by atoms with E-state index in [-0.39, 0.29) is 5.78 Å². The summed E-state index contributed by atoms with van der Waals surface area (Å²) >= 11 is 1.56. The molecule has 15 heavy (non-hydrogen) atoms. The number of fused-ring (bicyclic) bond motifs is 1. The molecule has 0 aliphatic heterocycles. The van der Waals surface area contributed by atoms with E-state index in [0.29, 0.717) is 5.75 Å². The van der Waals surface area contributed by atoms with E-state index in [0.717, 1.165) is 10.9 Å². The highest BCUT2D eigenvalue weighted by Crippen LogP contribution is 2.16. The second-order valence-corrected chi connectivity index (χ2v) is 4.28. The van der Waals surface area contributed by atoms with Gasteiger partial charge in [0.05, 0.1) is 5.75 Å². The standard InChI is InChI=1S/C13H12OS/c1-15-9-13(14)12-7-6-10-4-2-3-5-11(10)8-12/h2-8H,9H2,1H3. The van der Waals surface area contributed by atoms with Crippen LogP contribution >= 0.6 is 11.8 Å². The fourth-order valence-corrected chi connectivity index (χ4v) is 2.01. The molecule has 2 rings (SSSR count). The number of ketones is 1. The summed E-state index contributed by atoms with van der Waals surface area (Å²) in [6.07, 6.45) is 1.94. The maximum Gasteiger partial charge on any atom is 0.172 e. The zero-order valence-electron chi connectivity index (χ0n) is 8.57. The molecular weight excluding hydrogens is 204 g/mol. The molecule has 2 aromatic rings. The zero-order valence-corrected chi connectivity index (χ0v) is 9.38. The fraction of sp³-hybridized carbons (Fsp3) is 0.154. The highest BCUT2D eigenvalue weighted by atomic mass is 32.2. The molecule has 0 unspecified atom stereocenters. The van der Waals surface area contributed by atoms with Crippen molar-refractivity contribution in [1.82, 2.24) is 0 Å². The van der Waals surface area contributed by atoms with Crippen molar-refractivity contribution in [2.24, 2.45) is 0 Å². The number of hydrogen-bond acceptors (Lipinski definition) is 2.